The molecule has 0 atom stereocenters. The monoisotopic (exact) mass is 451 g/mol. The molecule has 170 valence electrons. The van der Waals surface area contributed by atoms with Crippen LogP contribution in [0, 0.1) is 13.8 Å². The maximum Gasteiger partial charge on any atom is 0.222 e. The number of nitrogens with one attached hydrogen (secondary N) is 1. The number of thioether (sulfide) groups is 1. The SMILES string of the molecule is CSc1nc(C)c(CCC(=O)N(C)CCCCCc2cc(-c3ccccc3)n[nH]2)c(C)n1. The van der Waals surface area contributed by atoms with E-state index < -0.39 is 0 Å². The van der Waals surface area contributed by atoms with E-state index in [0.717, 1.165) is 71.3 Å². The van der Waals surface area contributed by atoms with Crippen molar-refractivity contribution >= 4 is 17.7 Å². The van der Waals surface area contributed by atoms with Gasteiger partial charge in [-0.15, -0.1) is 0 Å². The lowest BCUT2D eigenvalue weighted by molar-refractivity contribution is -0.129. The highest BCUT2D eigenvalue weighted by atomic mass is 32.2. The lowest BCUT2D eigenvalue weighted by atomic mass is 10.1. The molecule has 1 aromatic carbocycles. The van der Waals surface area contributed by atoms with Crippen molar-refractivity contribution in [2.75, 3.05) is 19.8 Å². The Morgan fingerprint density at radius 3 is 2.44 bits per heavy atom. The summed E-state index contributed by atoms with van der Waals surface area (Å²) >= 11 is 1.54. The first-order valence-electron chi connectivity index (χ1n) is 11.2. The van der Waals surface area contributed by atoms with E-state index in [1.54, 1.807) is 11.8 Å². The Bertz CT molecular complexity index is 995. The largest absolute Gasteiger partial charge is 0.346 e. The first kappa shape index (κ1) is 24.0. The summed E-state index contributed by atoms with van der Waals surface area (Å²) in [5.41, 5.74) is 6.34. The van der Waals surface area contributed by atoms with Gasteiger partial charge in [0.1, 0.15) is 0 Å². The van der Waals surface area contributed by atoms with E-state index in [9.17, 15) is 4.79 Å². The van der Waals surface area contributed by atoms with Crippen LogP contribution >= 0.6 is 11.8 Å². The van der Waals surface area contributed by atoms with E-state index in [-0.39, 0.29) is 5.91 Å². The van der Waals surface area contributed by atoms with Crippen molar-refractivity contribution in [2.24, 2.45) is 0 Å². The molecule has 0 aliphatic rings. The molecular formula is C25H33N5OS. The summed E-state index contributed by atoms with van der Waals surface area (Å²) < 4.78 is 0. The number of rotatable bonds is 11. The fourth-order valence-electron chi connectivity index (χ4n) is 3.80. The number of unbranched alkanes of at least 4 members (excludes halogenated alkanes) is 2. The number of aromatic amines is 1. The minimum absolute atomic E-state index is 0.179. The number of benzene rings is 1. The first-order valence-corrected chi connectivity index (χ1v) is 12.4. The van der Waals surface area contributed by atoms with Crippen molar-refractivity contribution in [3.05, 3.63) is 59.0 Å². The molecule has 2 heterocycles. The minimum atomic E-state index is 0.179. The van der Waals surface area contributed by atoms with Gasteiger partial charge in [-0.1, -0.05) is 48.5 Å². The molecule has 0 spiro atoms. The lowest BCUT2D eigenvalue weighted by Gasteiger charge is -2.18. The molecule has 3 aromatic rings. The highest BCUT2D eigenvalue weighted by Crippen LogP contribution is 2.19. The fourth-order valence-corrected chi connectivity index (χ4v) is 4.25. The van der Waals surface area contributed by atoms with Gasteiger partial charge < -0.3 is 4.90 Å². The highest BCUT2D eigenvalue weighted by molar-refractivity contribution is 7.98. The van der Waals surface area contributed by atoms with Crippen LogP contribution in [0.4, 0.5) is 0 Å². The number of H-pyrrole nitrogens is 1. The van der Waals surface area contributed by atoms with Crippen molar-refractivity contribution < 1.29 is 4.79 Å². The Labute approximate surface area is 195 Å². The quantitative estimate of drug-likeness (QED) is 0.252. The van der Waals surface area contributed by atoms with Gasteiger partial charge in [0.2, 0.25) is 5.91 Å². The Morgan fingerprint density at radius 2 is 1.75 bits per heavy atom. The molecule has 0 saturated carbocycles. The van der Waals surface area contributed by atoms with Gasteiger partial charge in [-0.2, -0.15) is 5.10 Å². The average Bonchev–Trinajstić information content (AvgIpc) is 3.27. The zero-order valence-corrected chi connectivity index (χ0v) is 20.3. The molecule has 2 aromatic heterocycles. The number of aromatic nitrogens is 4. The molecule has 32 heavy (non-hydrogen) atoms. The molecule has 0 aliphatic carbocycles. The van der Waals surface area contributed by atoms with E-state index >= 15 is 0 Å². The third-order valence-electron chi connectivity index (χ3n) is 5.74. The molecule has 0 fully saturated rings. The van der Waals surface area contributed by atoms with Crippen LogP contribution in [0.5, 0.6) is 0 Å². The summed E-state index contributed by atoms with van der Waals surface area (Å²) in [6.45, 7) is 4.79. The normalized spacial score (nSPS) is 11.0. The van der Waals surface area contributed by atoms with Gasteiger partial charge in [-0.05, 0) is 57.4 Å². The third kappa shape index (κ3) is 6.66. The van der Waals surface area contributed by atoms with Crippen LogP contribution in [0.25, 0.3) is 11.3 Å². The molecule has 6 nitrogen and oxygen atoms in total. The molecule has 3 rings (SSSR count). The zero-order valence-electron chi connectivity index (χ0n) is 19.5. The van der Waals surface area contributed by atoms with E-state index in [1.165, 1.54) is 0 Å². The summed E-state index contributed by atoms with van der Waals surface area (Å²) in [4.78, 5) is 23.4. The van der Waals surface area contributed by atoms with Crippen LogP contribution in [0.3, 0.4) is 0 Å². The van der Waals surface area contributed by atoms with E-state index in [2.05, 4.69) is 38.4 Å². The topological polar surface area (TPSA) is 74.8 Å². The summed E-state index contributed by atoms with van der Waals surface area (Å²) in [7, 11) is 1.90. The second-order valence-corrected chi connectivity index (χ2v) is 8.90. The molecule has 0 radical (unpaired) electrons. The second kappa shape index (κ2) is 11.8. The van der Waals surface area contributed by atoms with E-state index in [1.807, 2.05) is 50.2 Å². The van der Waals surface area contributed by atoms with Gasteiger partial charge >= 0.3 is 0 Å². The Kier molecular flexibility index (Phi) is 8.85. The van der Waals surface area contributed by atoms with E-state index in [0.29, 0.717) is 12.8 Å². The van der Waals surface area contributed by atoms with Crippen LogP contribution < -0.4 is 0 Å². The van der Waals surface area contributed by atoms with Crippen molar-refractivity contribution in [1.29, 1.82) is 0 Å². The van der Waals surface area contributed by atoms with Gasteiger partial charge in [0.15, 0.2) is 5.16 Å². The Morgan fingerprint density at radius 1 is 1.03 bits per heavy atom. The van der Waals surface area contributed by atoms with Gasteiger partial charge in [0, 0.05) is 42.7 Å². The average molecular weight is 452 g/mol. The Balaban J connectivity index is 1.36. The fraction of sp³-hybridized carbons (Fsp3) is 0.440. The predicted octanol–water partition coefficient (Wildman–Crippen LogP) is 5.01. The van der Waals surface area contributed by atoms with Crippen molar-refractivity contribution in [3.63, 3.8) is 0 Å². The summed E-state index contributed by atoms with van der Waals surface area (Å²) in [5, 5.41) is 8.35. The van der Waals surface area contributed by atoms with Crippen molar-refractivity contribution in [3.8, 4) is 11.3 Å². The van der Waals surface area contributed by atoms with Crippen molar-refractivity contribution in [1.82, 2.24) is 25.1 Å². The smallest absolute Gasteiger partial charge is 0.222 e. The van der Waals surface area contributed by atoms with Crippen molar-refractivity contribution in [2.45, 2.75) is 57.5 Å². The highest BCUT2D eigenvalue weighted by Gasteiger charge is 2.13. The van der Waals surface area contributed by atoms with Crippen LogP contribution in [-0.2, 0) is 17.6 Å². The molecule has 0 saturated heterocycles. The van der Waals surface area contributed by atoms with Crippen LogP contribution in [0.2, 0.25) is 0 Å². The van der Waals surface area contributed by atoms with E-state index in [4.69, 9.17) is 0 Å². The molecular weight excluding hydrogens is 418 g/mol. The maximum absolute atomic E-state index is 12.6. The minimum Gasteiger partial charge on any atom is -0.346 e. The molecule has 0 aliphatic heterocycles. The summed E-state index contributed by atoms with van der Waals surface area (Å²) in [6, 6.07) is 12.3. The first-order chi connectivity index (χ1) is 15.5. The summed E-state index contributed by atoms with van der Waals surface area (Å²) in [5.74, 6) is 0.179. The number of amides is 1. The number of hydrogen-bond donors (Lipinski definition) is 1. The molecule has 7 heteroatoms. The standard InChI is InChI=1S/C25H33N5OS/c1-18-22(19(2)27-25(26-18)32-4)14-15-24(31)30(3)16-10-6-9-13-21-17-23(29-28-21)20-11-7-5-8-12-20/h5,7-8,11-12,17H,6,9-10,13-16H2,1-4H3,(H,28,29). The Hall–Kier alpha value is -2.67. The lowest BCUT2D eigenvalue weighted by Crippen LogP contribution is -2.28. The molecule has 1 N–H and O–H groups in total. The number of nitrogens with zero attached hydrogens (tertiary/aromatic N) is 4. The number of hydrogen-bond acceptors (Lipinski definition) is 5. The zero-order chi connectivity index (χ0) is 22.9. The molecule has 1 amide bonds. The van der Waals surface area contributed by atoms with Gasteiger partial charge in [-0.3, -0.25) is 9.89 Å². The second-order valence-electron chi connectivity index (χ2n) is 8.13. The van der Waals surface area contributed by atoms with Crippen LogP contribution in [0.1, 0.15) is 48.3 Å². The van der Waals surface area contributed by atoms with Gasteiger partial charge in [0.05, 0.1) is 5.69 Å². The number of aryl methyl sites for hydroxylation is 3. The molecule has 0 unspecified atom stereocenters. The van der Waals surface area contributed by atoms with Crippen LogP contribution in [0.15, 0.2) is 41.6 Å². The number of carbonyl (C=O) groups is 1. The summed E-state index contributed by atoms with van der Waals surface area (Å²) in [6.07, 6.45) is 7.31. The number of carbonyl (C=O) groups excluding carboxylic acids is 1. The third-order valence-corrected chi connectivity index (χ3v) is 6.29. The van der Waals surface area contributed by atoms with Crippen LogP contribution in [-0.4, -0.2) is 50.8 Å². The van der Waals surface area contributed by atoms with Gasteiger partial charge in [0.25, 0.3) is 0 Å². The maximum atomic E-state index is 12.6. The van der Waals surface area contributed by atoms with Gasteiger partial charge in [-0.25, -0.2) is 9.97 Å². The molecule has 0 bridgehead atoms. The predicted molar refractivity (Wildman–Crippen MR) is 131 cm³/mol.